The van der Waals surface area contributed by atoms with E-state index in [1.165, 1.54) is 12.0 Å². The van der Waals surface area contributed by atoms with Gasteiger partial charge in [-0.15, -0.1) is 0 Å². The second kappa shape index (κ2) is 15.7. The van der Waals surface area contributed by atoms with Crippen LogP contribution >= 0.6 is 0 Å². The average Bonchev–Trinajstić information content (AvgIpc) is 3.11. The molecular weight excluding hydrogens is 360 g/mol. The number of ether oxygens (including phenoxy) is 1. The summed E-state index contributed by atoms with van der Waals surface area (Å²) in [6.07, 6.45) is 17.0. The Morgan fingerprint density at radius 1 is 1.14 bits per heavy atom. The minimum atomic E-state index is -0.0884. The third kappa shape index (κ3) is 13.6. The van der Waals surface area contributed by atoms with Gasteiger partial charge in [0.15, 0.2) is 0 Å². The molecule has 2 rings (SSSR count). The van der Waals surface area contributed by atoms with Crippen molar-refractivity contribution in [3.63, 3.8) is 0 Å². The fourth-order valence-electron chi connectivity index (χ4n) is 3.22. The molecule has 3 nitrogen and oxygen atoms in total. The molecule has 1 aliphatic carbocycles. The SMILES string of the molecule is C/C=C\CCCC(=O)OC(C)C.O=C1CCC(/C=C/CCCc2ccccc2)C1. The molecular formula is C26H38O3. The van der Waals surface area contributed by atoms with Crippen LogP contribution < -0.4 is 0 Å². The van der Waals surface area contributed by atoms with Crippen LogP contribution in [0.5, 0.6) is 0 Å². The Hall–Kier alpha value is -2.16. The third-order valence-electron chi connectivity index (χ3n) is 4.73. The zero-order valence-corrected chi connectivity index (χ0v) is 18.4. The number of carbonyl (C=O) groups excluding carboxylic acids is 2. The number of benzene rings is 1. The molecule has 1 unspecified atom stereocenters. The van der Waals surface area contributed by atoms with E-state index in [1.54, 1.807) is 0 Å². The summed E-state index contributed by atoms with van der Waals surface area (Å²) < 4.78 is 4.97. The van der Waals surface area contributed by atoms with Gasteiger partial charge in [-0.25, -0.2) is 0 Å². The first-order valence-electron chi connectivity index (χ1n) is 11.0. The van der Waals surface area contributed by atoms with Crippen molar-refractivity contribution in [2.24, 2.45) is 5.92 Å². The van der Waals surface area contributed by atoms with E-state index in [0.717, 1.165) is 44.9 Å². The van der Waals surface area contributed by atoms with Crippen LogP contribution in [-0.4, -0.2) is 17.9 Å². The quantitative estimate of drug-likeness (QED) is 0.253. The van der Waals surface area contributed by atoms with Crippen molar-refractivity contribution in [2.75, 3.05) is 0 Å². The second-order valence-electron chi connectivity index (χ2n) is 7.85. The summed E-state index contributed by atoms with van der Waals surface area (Å²) in [6.45, 7) is 5.71. The predicted octanol–water partition coefficient (Wildman–Crippen LogP) is 6.62. The van der Waals surface area contributed by atoms with Crippen LogP contribution in [0.25, 0.3) is 0 Å². The summed E-state index contributed by atoms with van der Waals surface area (Å²) in [4.78, 5) is 22.1. The maximum atomic E-state index is 11.1. The highest BCUT2D eigenvalue weighted by Gasteiger charge is 2.18. The van der Waals surface area contributed by atoms with Gasteiger partial charge >= 0.3 is 5.97 Å². The average molecular weight is 399 g/mol. The fraction of sp³-hybridized carbons (Fsp3) is 0.538. The van der Waals surface area contributed by atoms with Gasteiger partial charge in [0.1, 0.15) is 5.78 Å². The lowest BCUT2D eigenvalue weighted by Crippen LogP contribution is -2.10. The number of hydrogen-bond donors (Lipinski definition) is 0. The zero-order chi connectivity index (χ0) is 21.3. The highest BCUT2D eigenvalue weighted by Crippen LogP contribution is 2.23. The smallest absolute Gasteiger partial charge is 0.306 e. The number of allylic oxidation sites excluding steroid dienone is 4. The van der Waals surface area contributed by atoms with E-state index in [4.69, 9.17) is 4.74 Å². The number of ketones is 1. The second-order valence-corrected chi connectivity index (χ2v) is 7.85. The molecule has 0 aromatic heterocycles. The summed E-state index contributed by atoms with van der Waals surface area (Å²) in [7, 11) is 0. The number of aryl methyl sites for hydroxylation is 1. The number of unbranched alkanes of at least 4 members (excludes halogenated alkanes) is 2. The van der Waals surface area contributed by atoms with Crippen molar-refractivity contribution in [1.29, 1.82) is 0 Å². The first-order valence-corrected chi connectivity index (χ1v) is 11.0. The molecule has 1 saturated carbocycles. The summed E-state index contributed by atoms with van der Waals surface area (Å²) in [5.41, 5.74) is 1.41. The predicted molar refractivity (Wildman–Crippen MR) is 121 cm³/mol. The lowest BCUT2D eigenvalue weighted by molar-refractivity contribution is -0.147. The molecule has 0 saturated heterocycles. The van der Waals surface area contributed by atoms with Gasteiger partial charge in [0.25, 0.3) is 0 Å². The van der Waals surface area contributed by atoms with Gasteiger partial charge in [0, 0.05) is 19.3 Å². The molecule has 29 heavy (non-hydrogen) atoms. The molecule has 1 aromatic carbocycles. The largest absolute Gasteiger partial charge is 0.463 e. The first kappa shape index (κ1) is 24.9. The number of Topliss-reactive ketones (excluding diaryl/α,β-unsaturated/α-hetero) is 1. The molecule has 160 valence electrons. The van der Waals surface area contributed by atoms with Gasteiger partial charge in [0.2, 0.25) is 0 Å². The van der Waals surface area contributed by atoms with Crippen LogP contribution in [0.2, 0.25) is 0 Å². The van der Waals surface area contributed by atoms with E-state index in [0.29, 0.717) is 18.1 Å². The lowest BCUT2D eigenvalue weighted by atomic mass is 10.1. The number of esters is 1. The van der Waals surface area contributed by atoms with Crippen LogP contribution in [-0.2, 0) is 20.7 Å². The van der Waals surface area contributed by atoms with Gasteiger partial charge in [-0.2, -0.15) is 0 Å². The number of rotatable bonds is 10. The van der Waals surface area contributed by atoms with E-state index in [2.05, 4.69) is 48.6 Å². The van der Waals surface area contributed by atoms with E-state index in [9.17, 15) is 9.59 Å². The first-order chi connectivity index (χ1) is 14.0. The Morgan fingerprint density at radius 3 is 2.48 bits per heavy atom. The molecule has 0 spiro atoms. The third-order valence-corrected chi connectivity index (χ3v) is 4.73. The van der Waals surface area contributed by atoms with E-state index < -0.39 is 0 Å². The topological polar surface area (TPSA) is 43.4 Å². The van der Waals surface area contributed by atoms with Crippen molar-refractivity contribution >= 4 is 11.8 Å². The zero-order valence-electron chi connectivity index (χ0n) is 18.4. The van der Waals surface area contributed by atoms with Crippen LogP contribution in [0.3, 0.4) is 0 Å². The summed E-state index contributed by atoms with van der Waals surface area (Å²) in [6, 6.07) is 10.6. The summed E-state index contributed by atoms with van der Waals surface area (Å²) in [5.74, 6) is 0.873. The fourth-order valence-corrected chi connectivity index (χ4v) is 3.22. The monoisotopic (exact) mass is 398 g/mol. The minimum absolute atomic E-state index is 0.0132. The minimum Gasteiger partial charge on any atom is -0.463 e. The van der Waals surface area contributed by atoms with Crippen molar-refractivity contribution in [1.82, 2.24) is 0 Å². The Balaban J connectivity index is 0.000000311. The van der Waals surface area contributed by atoms with Crippen LogP contribution in [0, 0.1) is 5.92 Å². The molecule has 1 fully saturated rings. The molecule has 0 bridgehead atoms. The molecule has 1 aliphatic rings. The Morgan fingerprint density at radius 2 is 1.86 bits per heavy atom. The standard InChI is InChI=1S/C16H20O.C10H18O2/c17-16-12-11-15(13-16)10-6-2-5-9-14-7-3-1-4-8-14;1-4-5-6-7-8-10(11)12-9(2)3/h1,3-4,6-8,10,15H,2,5,9,11-13H2;4-5,9H,6-8H2,1-3H3/b10-6+;5-4-. The van der Waals surface area contributed by atoms with Crippen molar-refractivity contribution in [3.05, 3.63) is 60.2 Å². The van der Waals surface area contributed by atoms with Gasteiger partial charge in [0.05, 0.1) is 6.10 Å². The van der Waals surface area contributed by atoms with Crippen LogP contribution in [0.15, 0.2) is 54.6 Å². The van der Waals surface area contributed by atoms with Gasteiger partial charge in [-0.1, -0.05) is 54.6 Å². The Labute approximate surface area is 177 Å². The van der Waals surface area contributed by atoms with Crippen molar-refractivity contribution in [2.45, 2.75) is 84.7 Å². The van der Waals surface area contributed by atoms with Crippen LogP contribution in [0.1, 0.15) is 77.7 Å². The lowest BCUT2D eigenvalue weighted by Gasteiger charge is -2.06. The van der Waals surface area contributed by atoms with E-state index >= 15 is 0 Å². The van der Waals surface area contributed by atoms with Crippen LogP contribution in [0.4, 0.5) is 0 Å². The molecule has 1 atom stereocenters. The van der Waals surface area contributed by atoms with Gasteiger partial charge < -0.3 is 4.74 Å². The van der Waals surface area contributed by atoms with Crippen molar-refractivity contribution < 1.29 is 14.3 Å². The van der Waals surface area contributed by atoms with E-state index in [-0.39, 0.29) is 12.1 Å². The maximum Gasteiger partial charge on any atom is 0.306 e. The molecule has 0 N–H and O–H groups in total. The Kier molecular flexibility index (Phi) is 13.5. The maximum absolute atomic E-state index is 11.1. The highest BCUT2D eigenvalue weighted by atomic mass is 16.5. The molecule has 0 amide bonds. The molecule has 0 aliphatic heterocycles. The molecule has 3 heteroatoms. The van der Waals surface area contributed by atoms with E-state index in [1.807, 2.05) is 26.8 Å². The molecule has 1 aromatic rings. The summed E-state index contributed by atoms with van der Waals surface area (Å²) in [5, 5.41) is 0. The number of hydrogen-bond acceptors (Lipinski definition) is 3. The van der Waals surface area contributed by atoms with Gasteiger partial charge in [-0.05, 0) is 70.8 Å². The molecule has 0 heterocycles. The Bertz CT molecular complexity index is 629. The summed E-state index contributed by atoms with van der Waals surface area (Å²) >= 11 is 0. The molecule has 0 radical (unpaired) electrons. The van der Waals surface area contributed by atoms with Gasteiger partial charge in [-0.3, -0.25) is 9.59 Å². The normalized spacial score (nSPS) is 16.4. The van der Waals surface area contributed by atoms with Crippen molar-refractivity contribution in [3.8, 4) is 0 Å². The number of carbonyl (C=O) groups is 2. The highest BCUT2D eigenvalue weighted by molar-refractivity contribution is 5.80.